The van der Waals surface area contributed by atoms with Crippen LogP contribution in [-0.4, -0.2) is 40.9 Å². The molecule has 0 aliphatic heterocycles. The van der Waals surface area contributed by atoms with Crippen LogP contribution in [0, 0.1) is 23.7 Å². The van der Waals surface area contributed by atoms with Crippen molar-refractivity contribution < 1.29 is 27.2 Å². The minimum absolute atomic E-state index is 0.0252. The number of aliphatic carboxylic acids is 1. The minimum atomic E-state index is -3.61. The molecule has 2 heterocycles. The highest BCUT2D eigenvalue weighted by Gasteiger charge is 2.58. The number of carbonyl (C=O) groups is 1. The molecule has 2 aromatic heterocycles. The van der Waals surface area contributed by atoms with Gasteiger partial charge >= 0.3 is 5.97 Å². The molecular formula is C26H29N3O6S. The number of ether oxygens (including phenoxy) is 1. The highest BCUT2D eigenvalue weighted by atomic mass is 32.2. The molecule has 0 amide bonds. The number of rotatable bonds is 6. The van der Waals surface area contributed by atoms with Crippen LogP contribution in [-0.2, 0) is 21.8 Å². The van der Waals surface area contributed by atoms with Crippen LogP contribution in [0.4, 0.5) is 5.69 Å². The molecule has 36 heavy (non-hydrogen) atoms. The lowest BCUT2D eigenvalue weighted by atomic mass is 9.50. The first-order chi connectivity index (χ1) is 18.2. The van der Waals surface area contributed by atoms with Crippen LogP contribution in [0.25, 0.3) is 22.0 Å². The van der Waals surface area contributed by atoms with Crippen LogP contribution in [0.1, 0.15) is 36.2 Å². The van der Waals surface area contributed by atoms with Crippen LogP contribution >= 0.6 is 0 Å². The Labute approximate surface area is 212 Å². The second kappa shape index (κ2) is 7.86. The monoisotopic (exact) mass is 514 g/mol. The van der Waals surface area contributed by atoms with Crippen molar-refractivity contribution in [3.05, 3.63) is 47.0 Å². The smallest absolute Gasteiger partial charge is 0.307 e. The third kappa shape index (κ3) is 3.78. The van der Waals surface area contributed by atoms with Crippen molar-refractivity contribution >= 4 is 32.6 Å². The second-order valence-electron chi connectivity index (χ2n) is 10.7. The molecule has 1 aromatic carbocycles. The number of nitrogens with zero attached hydrogens (tertiary/aromatic N) is 1. The largest absolute Gasteiger partial charge is 0.487 e. The Balaban J connectivity index is 1.50. The molecule has 0 spiro atoms. The number of sulfonamides is 1. The molecule has 3 N–H and O–H groups in total. The molecular weight excluding hydrogens is 482 g/mol. The van der Waals surface area contributed by atoms with Crippen LogP contribution in [0.2, 0.25) is 0 Å². The predicted molar refractivity (Wildman–Crippen MR) is 135 cm³/mol. The number of H-pyrrole nitrogens is 1. The summed E-state index contributed by atoms with van der Waals surface area (Å²) in [6.07, 6.45) is 7.59. The van der Waals surface area contributed by atoms with E-state index in [4.69, 9.17) is 8.85 Å². The molecule has 4 aliphatic carbocycles. The first-order valence-corrected chi connectivity index (χ1v) is 13.9. The summed E-state index contributed by atoms with van der Waals surface area (Å²) in [5, 5.41) is 10.3. The van der Waals surface area contributed by atoms with Crippen LogP contribution in [0.3, 0.4) is 0 Å². The van der Waals surface area contributed by atoms with E-state index in [9.17, 15) is 23.1 Å². The van der Waals surface area contributed by atoms with Gasteiger partial charge in [-0.2, -0.15) is 0 Å². The van der Waals surface area contributed by atoms with Crippen molar-refractivity contribution in [2.24, 2.45) is 30.6 Å². The van der Waals surface area contributed by atoms with Crippen LogP contribution in [0.5, 0.6) is 5.75 Å². The summed E-state index contributed by atoms with van der Waals surface area (Å²) in [6.45, 7) is -2.75. The Bertz CT molecular complexity index is 1650. The number of fused-ring (bicyclic) bond motifs is 1. The van der Waals surface area contributed by atoms with E-state index in [0.29, 0.717) is 45.6 Å². The average molecular weight is 515 g/mol. The molecule has 2 unspecified atom stereocenters. The number of hydrogen-bond donors (Lipinski definition) is 3. The highest BCUT2D eigenvalue weighted by molar-refractivity contribution is 7.92. The first kappa shape index (κ1) is 19.9. The SMILES string of the molecule is [2H]C([2H])([2H])n1cc(-c2cc(NS(C)(=O)=O)ccc2OC23CC4CC(C2)C(C(=O)O)C(C4)C3)c2cc[nH]c2c1=O. The number of benzene rings is 1. The van der Waals surface area contributed by atoms with E-state index in [1.54, 1.807) is 30.5 Å². The molecule has 2 atom stereocenters. The maximum Gasteiger partial charge on any atom is 0.307 e. The summed E-state index contributed by atoms with van der Waals surface area (Å²) in [5.74, 6) is -0.281. The van der Waals surface area contributed by atoms with Gasteiger partial charge in [0, 0.05) is 45.7 Å². The number of aromatic nitrogens is 2. The van der Waals surface area contributed by atoms with Gasteiger partial charge in [0.15, 0.2) is 0 Å². The van der Waals surface area contributed by atoms with Crippen molar-refractivity contribution in [3.8, 4) is 16.9 Å². The molecule has 7 rings (SSSR count). The van der Waals surface area contributed by atoms with Crippen molar-refractivity contribution in [2.75, 3.05) is 11.0 Å². The lowest BCUT2D eigenvalue weighted by molar-refractivity contribution is -0.171. The van der Waals surface area contributed by atoms with Gasteiger partial charge < -0.3 is 19.4 Å². The van der Waals surface area contributed by atoms with Gasteiger partial charge in [0.2, 0.25) is 10.0 Å². The zero-order valence-corrected chi connectivity index (χ0v) is 20.5. The van der Waals surface area contributed by atoms with E-state index in [1.165, 1.54) is 6.20 Å². The lowest BCUT2D eigenvalue weighted by Gasteiger charge is -2.58. The van der Waals surface area contributed by atoms with Gasteiger partial charge in [-0.3, -0.25) is 14.3 Å². The maximum atomic E-state index is 12.9. The van der Waals surface area contributed by atoms with Crippen molar-refractivity contribution in [1.82, 2.24) is 9.55 Å². The predicted octanol–water partition coefficient (Wildman–Crippen LogP) is 3.56. The van der Waals surface area contributed by atoms with Crippen LogP contribution < -0.4 is 15.0 Å². The summed E-state index contributed by atoms with van der Waals surface area (Å²) < 4.78 is 57.6. The van der Waals surface area contributed by atoms with E-state index in [1.807, 2.05) is 0 Å². The van der Waals surface area contributed by atoms with Gasteiger partial charge in [0.05, 0.1) is 12.2 Å². The Kier molecular flexibility index (Phi) is 4.34. The third-order valence-electron chi connectivity index (χ3n) is 8.13. The Morgan fingerprint density at radius 1 is 1.22 bits per heavy atom. The van der Waals surface area contributed by atoms with Gasteiger partial charge in [-0.25, -0.2) is 8.42 Å². The fourth-order valence-corrected chi connectivity index (χ4v) is 7.74. The summed E-state index contributed by atoms with van der Waals surface area (Å²) in [4.78, 5) is 27.8. The molecule has 0 saturated heterocycles. The number of anilines is 1. The number of aryl methyl sites for hydroxylation is 1. The van der Waals surface area contributed by atoms with Gasteiger partial charge in [0.1, 0.15) is 16.9 Å². The quantitative estimate of drug-likeness (QED) is 0.461. The zero-order chi connectivity index (χ0) is 27.9. The average Bonchev–Trinajstić information content (AvgIpc) is 3.28. The van der Waals surface area contributed by atoms with E-state index in [-0.39, 0.29) is 29.0 Å². The van der Waals surface area contributed by atoms with Gasteiger partial charge in [-0.05, 0) is 74.1 Å². The summed E-state index contributed by atoms with van der Waals surface area (Å²) in [5.41, 5.74) is -0.0909. The first-order valence-electron chi connectivity index (χ1n) is 13.5. The summed E-state index contributed by atoms with van der Waals surface area (Å²) >= 11 is 0. The lowest BCUT2D eigenvalue weighted by Crippen LogP contribution is -2.58. The fraction of sp³-hybridized carbons (Fsp3) is 0.462. The molecule has 4 saturated carbocycles. The van der Waals surface area contributed by atoms with Crippen molar-refractivity contribution in [2.45, 2.75) is 37.7 Å². The zero-order valence-electron chi connectivity index (χ0n) is 22.7. The van der Waals surface area contributed by atoms with E-state index < -0.39 is 34.1 Å². The molecule has 10 heteroatoms. The number of carboxylic acids is 1. The third-order valence-corrected chi connectivity index (χ3v) is 8.74. The Hall–Kier alpha value is -3.27. The van der Waals surface area contributed by atoms with Crippen molar-refractivity contribution in [3.63, 3.8) is 0 Å². The molecule has 9 nitrogen and oxygen atoms in total. The number of hydrogen-bond acceptors (Lipinski definition) is 5. The minimum Gasteiger partial charge on any atom is -0.487 e. The highest BCUT2D eigenvalue weighted by Crippen LogP contribution is 2.60. The number of nitrogens with one attached hydrogen (secondary N) is 2. The number of pyridine rings is 1. The van der Waals surface area contributed by atoms with E-state index >= 15 is 0 Å². The number of carboxylic acid groups (broad SMARTS) is 1. The molecule has 0 radical (unpaired) electrons. The second-order valence-corrected chi connectivity index (χ2v) is 12.4. The summed E-state index contributed by atoms with van der Waals surface area (Å²) in [7, 11) is -3.61. The molecule has 3 aromatic rings. The van der Waals surface area contributed by atoms with E-state index in [0.717, 1.165) is 25.5 Å². The number of aromatic amines is 1. The van der Waals surface area contributed by atoms with Gasteiger partial charge in [-0.15, -0.1) is 0 Å². The molecule has 4 bridgehead atoms. The maximum absolute atomic E-state index is 12.9. The van der Waals surface area contributed by atoms with Crippen molar-refractivity contribution in [1.29, 1.82) is 0 Å². The normalized spacial score (nSPS) is 30.5. The van der Waals surface area contributed by atoms with Crippen LogP contribution in [0.15, 0.2) is 41.5 Å². The topological polar surface area (TPSA) is 130 Å². The molecule has 190 valence electrons. The fourth-order valence-electron chi connectivity index (χ4n) is 7.18. The summed E-state index contributed by atoms with van der Waals surface area (Å²) in [6, 6.07) is 6.47. The van der Waals surface area contributed by atoms with E-state index in [2.05, 4.69) is 9.71 Å². The Morgan fingerprint density at radius 3 is 2.64 bits per heavy atom. The molecule has 4 fully saturated rings. The molecule has 4 aliphatic rings. The standard InChI is InChI=1S/C26H29N3O6S/c1-29-13-20(18-5-6-27-23(18)24(29)30)19-9-17(28-36(2,33)34)3-4-21(19)35-26-10-14-7-15(11-26)22(25(31)32)16(8-14)12-26/h3-6,9,13-16,22,27-28H,7-8,10-12H2,1-2H3,(H,31,32)/i1D3. The van der Waals surface area contributed by atoms with Gasteiger partial charge in [-0.1, -0.05) is 0 Å². The van der Waals surface area contributed by atoms with Gasteiger partial charge in [0.25, 0.3) is 5.56 Å². The Morgan fingerprint density at radius 2 is 1.97 bits per heavy atom.